The number of nitro groups is 1. The molecular weight excluding hydrogens is 358 g/mol. The number of amides is 1. The van der Waals surface area contributed by atoms with E-state index in [0.717, 1.165) is 0 Å². The number of aryl methyl sites for hydroxylation is 1. The lowest BCUT2D eigenvalue weighted by atomic mass is 10.3. The van der Waals surface area contributed by atoms with Crippen LogP contribution >= 0.6 is 0 Å². The van der Waals surface area contributed by atoms with Crippen LogP contribution in [0, 0.1) is 17.0 Å². The SMILES string of the molecule is CCOC(=O)N1CCN(c2ncnc(Nc3cc(C)on3)c2[N+](=O)[O-])CC1. The summed E-state index contributed by atoms with van der Waals surface area (Å²) in [5, 5.41) is 18.2. The number of hydrogen-bond acceptors (Lipinski definition) is 10. The molecule has 12 nitrogen and oxygen atoms in total. The lowest BCUT2D eigenvalue weighted by molar-refractivity contribution is -0.383. The molecule has 2 aromatic rings. The molecule has 3 rings (SSSR count). The molecule has 144 valence electrons. The first-order valence-electron chi connectivity index (χ1n) is 8.36. The van der Waals surface area contributed by atoms with Crippen LogP contribution in [0.25, 0.3) is 0 Å². The maximum absolute atomic E-state index is 11.8. The van der Waals surface area contributed by atoms with Crippen molar-refractivity contribution in [2.24, 2.45) is 0 Å². The molecule has 0 unspecified atom stereocenters. The van der Waals surface area contributed by atoms with Crippen molar-refractivity contribution in [3.8, 4) is 0 Å². The Hall–Kier alpha value is -3.44. The largest absolute Gasteiger partial charge is 0.450 e. The first-order chi connectivity index (χ1) is 13.0. The molecule has 1 N–H and O–H groups in total. The minimum absolute atomic E-state index is 0.0196. The van der Waals surface area contributed by atoms with Gasteiger partial charge in [-0.3, -0.25) is 10.1 Å². The second kappa shape index (κ2) is 7.85. The summed E-state index contributed by atoms with van der Waals surface area (Å²) in [4.78, 5) is 34.3. The molecule has 1 aliphatic rings. The number of nitrogens with zero attached hydrogens (tertiary/aromatic N) is 6. The molecule has 0 radical (unpaired) electrons. The van der Waals surface area contributed by atoms with Gasteiger partial charge in [0.25, 0.3) is 0 Å². The Morgan fingerprint density at radius 3 is 2.70 bits per heavy atom. The van der Waals surface area contributed by atoms with Crippen LogP contribution in [-0.4, -0.2) is 63.8 Å². The van der Waals surface area contributed by atoms with Crippen molar-refractivity contribution in [1.82, 2.24) is 20.0 Å². The molecule has 1 amide bonds. The van der Waals surface area contributed by atoms with E-state index in [1.54, 1.807) is 29.7 Å². The van der Waals surface area contributed by atoms with E-state index >= 15 is 0 Å². The Bertz CT molecular complexity index is 832. The Kier molecular flexibility index (Phi) is 5.33. The van der Waals surface area contributed by atoms with Gasteiger partial charge in [0.1, 0.15) is 12.1 Å². The number of aromatic nitrogens is 3. The third-order valence-corrected chi connectivity index (χ3v) is 3.97. The molecule has 1 saturated heterocycles. The first kappa shape index (κ1) is 18.4. The molecule has 0 bridgehead atoms. The molecule has 0 spiro atoms. The second-order valence-corrected chi connectivity index (χ2v) is 5.77. The number of hydrogen-bond donors (Lipinski definition) is 1. The van der Waals surface area contributed by atoms with Crippen molar-refractivity contribution in [2.75, 3.05) is 43.0 Å². The van der Waals surface area contributed by atoms with Crippen LogP contribution in [0.4, 0.5) is 27.9 Å². The molecule has 0 saturated carbocycles. The number of rotatable bonds is 5. The highest BCUT2D eigenvalue weighted by atomic mass is 16.6. The van der Waals surface area contributed by atoms with E-state index in [4.69, 9.17) is 9.26 Å². The van der Waals surface area contributed by atoms with Crippen molar-refractivity contribution in [3.63, 3.8) is 0 Å². The molecule has 1 aliphatic heterocycles. The van der Waals surface area contributed by atoms with E-state index in [-0.39, 0.29) is 17.3 Å². The van der Waals surface area contributed by atoms with Gasteiger partial charge < -0.3 is 24.4 Å². The van der Waals surface area contributed by atoms with Crippen molar-refractivity contribution in [2.45, 2.75) is 13.8 Å². The summed E-state index contributed by atoms with van der Waals surface area (Å²) >= 11 is 0. The van der Waals surface area contributed by atoms with Crippen LogP contribution in [0.3, 0.4) is 0 Å². The highest BCUT2D eigenvalue weighted by molar-refractivity contribution is 5.74. The maximum Gasteiger partial charge on any atom is 0.409 e. The minimum atomic E-state index is -0.539. The average Bonchev–Trinajstić information content (AvgIpc) is 3.06. The van der Waals surface area contributed by atoms with Gasteiger partial charge >= 0.3 is 11.8 Å². The van der Waals surface area contributed by atoms with E-state index in [1.165, 1.54) is 6.33 Å². The van der Waals surface area contributed by atoms with Gasteiger partial charge in [0.2, 0.25) is 11.6 Å². The van der Waals surface area contributed by atoms with E-state index in [1.807, 2.05) is 0 Å². The summed E-state index contributed by atoms with van der Waals surface area (Å²) in [5.41, 5.74) is -0.261. The summed E-state index contributed by atoms with van der Waals surface area (Å²) in [5.74, 6) is 1.07. The van der Waals surface area contributed by atoms with Crippen LogP contribution < -0.4 is 10.2 Å². The molecule has 0 atom stereocenters. The monoisotopic (exact) mass is 377 g/mol. The molecular formula is C15H19N7O5. The van der Waals surface area contributed by atoms with Crippen molar-refractivity contribution in [1.29, 1.82) is 0 Å². The predicted molar refractivity (Wildman–Crippen MR) is 94.0 cm³/mol. The fraction of sp³-hybridized carbons (Fsp3) is 0.467. The quantitative estimate of drug-likeness (QED) is 0.604. The fourth-order valence-corrected chi connectivity index (χ4v) is 2.72. The molecule has 3 heterocycles. The first-order valence-corrected chi connectivity index (χ1v) is 8.36. The van der Waals surface area contributed by atoms with Gasteiger partial charge in [0.15, 0.2) is 5.82 Å². The molecule has 2 aromatic heterocycles. The van der Waals surface area contributed by atoms with E-state index in [9.17, 15) is 14.9 Å². The van der Waals surface area contributed by atoms with Gasteiger partial charge in [-0.25, -0.2) is 14.8 Å². The third-order valence-electron chi connectivity index (χ3n) is 3.97. The fourth-order valence-electron chi connectivity index (χ4n) is 2.72. The predicted octanol–water partition coefficient (Wildman–Crippen LogP) is 1.70. The van der Waals surface area contributed by atoms with E-state index in [2.05, 4.69) is 20.4 Å². The van der Waals surface area contributed by atoms with Gasteiger partial charge in [-0.2, -0.15) is 0 Å². The molecule has 0 aliphatic carbocycles. The molecule has 12 heteroatoms. The second-order valence-electron chi connectivity index (χ2n) is 5.77. The summed E-state index contributed by atoms with van der Waals surface area (Å²) in [6, 6.07) is 1.60. The Morgan fingerprint density at radius 2 is 2.11 bits per heavy atom. The van der Waals surface area contributed by atoms with Crippen molar-refractivity contribution in [3.05, 3.63) is 28.3 Å². The van der Waals surface area contributed by atoms with Crippen LogP contribution in [0.5, 0.6) is 0 Å². The Balaban J connectivity index is 1.80. The van der Waals surface area contributed by atoms with Crippen LogP contribution in [0.2, 0.25) is 0 Å². The highest BCUT2D eigenvalue weighted by Gasteiger charge is 2.31. The van der Waals surface area contributed by atoms with Gasteiger partial charge in [0.05, 0.1) is 11.5 Å². The number of carbonyl (C=O) groups excluding carboxylic acids is 1. The number of nitrogens with one attached hydrogen (secondary N) is 1. The standard InChI is InChI=1S/C15H19N7O5/c1-3-26-15(23)21-6-4-20(5-7-21)14-12(22(24)25)13(16-9-17-14)18-11-8-10(2)27-19-11/h8-9H,3-7H2,1-2H3,(H,16,17,18,19). The topological polar surface area (TPSA) is 140 Å². The summed E-state index contributed by atoms with van der Waals surface area (Å²) in [6.45, 7) is 5.28. The molecule has 0 aromatic carbocycles. The number of anilines is 3. The summed E-state index contributed by atoms with van der Waals surface area (Å²) < 4.78 is 9.93. The van der Waals surface area contributed by atoms with E-state index < -0.39 is 11.0 Å². The zero-order chi connectivity index (χ0) is 19.4. The number of piperazine rings is 1. The van der Waals surface area contributed by atoms with Gasteiger partial charge in [-0.1, -0.05) is 5.16 Å². The molecule has 1 fully saturated rings. The summed E-state index contributed by atoms with van der Waals surface area (Å²) in [6.07, 6.45) is 0.855. The van der Waals surface area contributed by atoms with Crippen molar-refractivity contribution >= 4 is 29.2 Å². The number of ether oxygens (including phenoxy) is 1. The normalized spacial score (nSPS) is 14.1. The summed E-state index contributed by atoms with van der Waals surface area (Å²) in [7, 11) is 0. The lowest BCUT2D eigenvalue weighted by Crippen LogP contribution is -2.49. The van der Waals surface area contributed by atoms with E-state index in [0.29, 0.717) is 44.4 Å². The van der Waals surface area contributed by atoms with Gasteiger partial charge in [0, 0.05) is 32.2 Å². The average molecular weight is 377 g/mol. The Labute approximate surface area is 154 Å². The Morgan fingerprint density at radius 1 is 1.37 bits per heavy atom. The number of carbonyl (C=O) groups is 1. The smallest absolute Gasteiger partial charge is 0.409 e. The van der Waals surface area contributed by atoms with Crippen LogP contribution in [0.1, 0.15) is 12.7 Å². The minimum Gasteiger partial charge on any atom is -0.450 e. The molecule has 27 heavy (non-hydrogen) atoms. The lowest BCUT2D eigenvalue weighted by Gasteiger charge is -2.34. The van der Waals surface area contributed by atoms with Gasteiger partial charge in [-0.05, 0) is 13.8 Å². The third kappa shape index (κ3) is 4.04. The van der Waals surface area contributed by atoms with Gasteiger partial charge in [-0.15, -0.1) is 0 Å². The van der Waals surface area contributed by atoms with Crippen LogP contribution in [-0.2, 0) is 4.74 Å². The van der Waals surface area contributed by atoms with Crippen molar-refractivity contribution < 1.29 is 19.0 Å². The maximum atomic E-state index is 11.8. The highest BCUT2D eigenvalue weighted by Crippen LogP contribution is 2.33. The zero-order valence-electron chi connectivity index (χ0n) is 14.9. The van der Waals surface area contributed by atoms with Crippen LogP contribution in [0.15, 0.2) is 16.9 Å². The zero-order valence-corrected chi connectivity index (χ0v) is 14.9.